The maximum absolute atomic E-state index is 6.10. The van der Waals surface area contributed by atoms with E-state index < -0.39 is 0 Å². The summed E-state index contributed by atoms with van der Waals surface area (Å²) in [6.07, 6.45) is 5.37. The monoisotopic (exact) mass is 276 g/mol. The van der Waals surface area contributed by atoms with Crippen LogP contribution in [0, 0.1) is 11.3 Å². The molecule has 4 nitrogen and oxygen atoms in total. The Hall–Kier alpha value is -0.870. The van der Waals surface area contributed by atoms with Gasteiger partial charge in [-0.2, -0.15) is 5.10 Å². The molecule has 4 rings (SSSR count). The molecule has 2 heterocycles. The number of rotatable bonds is 0. The Balaban J connectivity index is 1.79. The molecule has 0 unspecified atom stereocenters. The Kier molecular flexibility index (Phi) is 2.35. The summed E-state index contributed by atoms with van der Waals surface area (Å²) in [6, 6.07) is 0. The number of ether oxygens (including phenoxy) is 2. The number of hydrogen-bond acceptors (Lipinski definition) is 3. The topological polar surface area (TPSA) is 36.3 Å². The fourth-order valence-corrected chi connectivity index (χ4v) is 5.11. The zero-order chi connectivity index (χ0) is 14.2. The maximum Gasteiger partial charge on any atom is 0.173 e. The highest BCUT2D eigenvalue weighted by molar-refractivity contribution is 5.36. The van der Waals surface area contributed by atoms with Crippen molar-refractivity contribution in [2.45, 2.75) is 51.2 Å². The van der Waals surface area contributed by atoms with E-state index in [4.69, 9.17) is 14.6 Å². The van der Waals surface area contributed by atoms with Crippen LogP contribution in [-0.4, -0.2) is 28.8 Å². The summed E-state index contributed by atoms with van der Waals surface area (Å²) >= 11 is 0. The minimum absolute atomic E-state index is 0.0166. The molecule has 1 aromatic rings. The Morgan fingerprint density at radius 1 is 1.20 bits per heavy atom. The van der Waals surface area contributed by atoms with Gasteiger partial charge in [-0.1, -0.05) is 20.8 Å². The quantitative estimate of drug-likeness (QED) is 0.730. The van der Waals surface area contributed by atoms with Crippen LogP contribution in [0.15, 0.2) is 6.20 Å². The van der Waals surface area contributed by atoms with Gasteiger partial charge in [-0.25, -0.2) is 0 Å². The number of nitrogens with zero attached hydrogens (tertiary/aromatic N) is 2. The molecule has 0 amide bonds. The van der Waals surface area contributed by atoms with Gasteiger partial charge in [0.2, 0.25) is 0 Å². The average molecular weight is 276 g/mol. The SMILES string of the molecule is Cn1cc2c(n1)[C@@]1(C)CCC3(OCCO3)C(C)(C)[C@@H]1C2. The summed E-state index contributed by atoms with van der Waals surface area (Å²) in [5, 5.41) is 4.76. The molecule has 20 heavy (non-hydrogen) atoms. The van der Waals surface area contributed by atoms with Gasteiger partial charge >= 0.3 is 0 Å². The van der Waals surface area contributed by atoms with Crippen LogP contribution in [0.2, 0.25) is 0 Å². The first-order chi connectivity index (χ1) is 9.39. The van der Waals surface area contributed by atoms with Crippen LogP contribution >= 0.6 is 0 Å². The zero-order valence-corrected chi connectivity index (χ0v) is 12.9. The molecule has 2 aliphatic carbocycles. The highest BCUT2D eigenvalue weighted by atomic mass is 16.7. The van der Waals surface area contributed by atoms with Gasteiger partial charge < -0.3 is 9.47 Å². The number of aromatic nitrogens is 2. The van der Waals surface area contributed by atoms with E-state index in [0.717, 1.165) is 32.5 Å². The van der Waals surface area contributed by atoms with Crippen molar-refractivity contribution in [3.63, 3.8) is 0 Å². The van der Waals surface area contributed by atoms with E-state index in [-0.39, 0.29) is 16.6 Å². The molecule has 1 saturated heterocycles. The minimum atomic E-state index is -0.372. The highest BCUT2D eigenvalue weighted by Gasteiger charge is 2.65. The molecule has 2 fully saturated rings. The Morgan fingerprint density at radius 2 is 1.90 bits per heavy atom. The zero-order valence-electron chi connectivity index (χ0n) is 12.9. The molecule has 0 aromatic carbocycles. The third kappa shape index (κ3) is 1.32. The van der Waals surface area contributed by atoms with Crippen LogP contribution < -0.4 is 0 Å². The number of fused-ring (bicyclic) bond motifs is 3. The second-order valence-corrected chi connectivity index (χ2v) is 7.52. The van der Waals surface area contributed by atoms with Gasteiger partial charge in [0.05, 0.1) is 18.9 Å². The van der Waals surface area contributed by atoms with Gasteiger partial charge in [-0.05, 0) is 24.3 Å². The molecule has 4 heteroatoms. The number of hydrogen-bond donors (Lipinski definition) is 0. The van der Waals surface area contributed by atoms with Gasteiger partial charge in [0.1, 0.15) is 0 Å². The van der Waals surface area contributed by atoms with E-state index in [1.165, 1.54) is 11.3 Å². The van der Waals surface area contributed by atoms with Crippen molar-refractivity contribution in [1.82, 2.24) is 9.78 Å². The highest BCUT2D eigenvalue weighted by Crippen LogP contribution is 2.63. The summed E-state index contributed by atoms with van der Waals surface area (Å²) in [5.74, 6) is 0.170. The molecule has 2 atom stereocenters. The first-order valence-corrected chi connectivity index (χ1v) is 7.70. The summed E-state index contributed by atoms with van der Waals surface area (Å²) in [6.45, 7) is 8.51. The predicted octanol–water partition coefficient (Wildman–Crippen LogP) is 2.41. The lowest BCUT2D eigenvalue weighted by atomic mass is 9.54. The van der Waals surface area contributed by atoms with E-state index >= 15 is 0 Å². The van der Waals surface area contributed by atoms with Gasteiger partial charge in [0.25, 0.3) is 0 Å². The van der Waals surface area contributed by atoms with Gasteiger partial charge in [-0.3, -0.25) is 4.68 Å². The molecule has 0 N–H and O–H groups in total. The van der Waals surface area contributed by atoms with E-state index in [1.807, 2.05) is 11.7 Å². The van der Waals surface area contributed by atoms with Crippen LogP contribution in [0.3, 0.4) is 0 Å². The van der Waals surface area contributed by atoms with Crippen molar-refractivity contribution >= 4 is 0 Å². The molecule has 3 aliphatic rings. The van der Waals surface area contributed by atoms with E-state index in [9.17, 15) is 0 Å². The molecule has 0 bridgehead atoms. The second-order valence-electron chi connectivity index (χ2n) is 7.52. The third-order valence-corrected chi connectivity index (χ3v) is 6.22. The Labute approximate surface area is 120 Å². The molecule has 1 aromatic heterocycles. The van der Waals surface area contributed by atoms with Crippen molar-refractivity contribution in [2.75, 3.05) is 13.2 Å². The standard InChI is InChI=1S/C16H24N2O2/c1-14(2)12-9-11-10-18(4)17-13(11)15(12,3)5-6-16(14)19-7-8-20-16/h10,12H,5-9H2,1-4H3/t12-,15-/m0/s1. The van der Waals surface area contributed by atoms with Gasteiger partial charge in [-0.15, -0.1) is 0 Å². The Morgan fingerprint density at radius 3 is 2.60 bits per heavy atom. The van der Waals surface area contributed by atoms with Crippen LogP contribution in [-0.2, 0) is 28.4 Å². The second kappa shape index (κ2) is 3.66. The lowest BCUT2D eigenvalue weighted by Gasteiger charge is -2.55. The molecule has 1 saturated carbocycles. The van der Waals surface area contributed by atoms with Crippen LogP contribution in [0.5, 0.6) is 0 Å². The average Bonchev–Trinajstić information content (AvgIpc) is 3.03. The Bertz CT molecular complexity index is 557. The van der Waals surface area contributed by atoms with Crippen molar-refractivity contribution in [1.29, 1.82) is 0 Å². The van der Waals surface area contributed by atoms with Crippen molar-refractivity contribution < 1.29 is 9.47 Å². The lowest BCUT2D eigenvalue weighted by molar-refractivity contribution is -0.272. The van der Waals surface area contributed by atoms with E-state index in [1.54, 1.807) is 0 Å². The van der Waals surface area contributed by atoms with Crippen LogP contribution in [0.1, 0.15) is 44.9 Å². The summed E-state index contributed by atoms with van der Waals surface area (Å²) < 4.78 is 14.2. The van der Waals surface area contributed by atoms with Crippen LogP contribution in [0.25, 0.3) is 0 Å². The minimum Gasteiger partial charge on any atom is -0.347 e. The first kappa shape index (κ1) is 12.8. The van der Waals surface area contributed by atoms with Crippen molar-refractivity contribution in [3.05, 3.63) is 17.5 Å². The fraction of sp³-hybridized carbons (Fsp3) is 0.812. The molecule has 110 valence electrons. The fourth-order valence-electron chi connectivity index (χ4n) is 5.11. The number of aryl methyl sites for hydroxylation is 1. The smallest absolute Gasteiger partial charge is 0.173 e. The van der Waals surface area contributed by atoms with Crippen molar-refractivity contribution in [2.24, 2.45) is 18.4 Å². The maximum atomic E-state index is 6.10. The van der Waals surface area contributed by atoms with Gasteiger partial charge in [0.15, 0.2) is 5.79 Å². The van der Waals surface area contributed by atoms with E-state index in [0.29, 0.717) is 5.92 Å². The molecule has 1 spiro atoms. The van der Waals surface area contributed by atoms with Gasteiger partial charge in [0, 0.05) is 30.5 Å². The first-order valence-electron chi connectivity index (χ1n) is 7.70. The lowest BCUT2D eigenvalue weighted by Crippen LogP contribution is -2.59. The molecular formula is C16H24N2O2. The normalized spacial score (nSPS) is 37.1. The molecule has 0 radical (unpaired) electrons. The largest absolute Gasteiger partial charge is 0.347 e. The molecule has 1 aliphatic heterocycles. The summed E-state index contributed by atoms with van der Waals surface area (Å²) in [4.78, 5) is 0. The molecular weight excluding hydrogens is 252 g/mol. The van der Waals surface area contributed by atoms with E-state index in [2.05, 4.69) is 27.0 Å². The summed E-state index contributed by atoms with van der Waals surface area (Å²) in [5.41, 5.74) is 2.91. The van der Waals surface area contributed by atoms with Crippen molar-refractivity contribution in [3.8, 4) is 0 Å². The van der Waals surface area contributed by atoms with Crippen LogP contribution in [0.4, 0.5) is 0 Å². The summed E-state index contributed by atoms with van der Waals surface area (Å²) in [7, 11) is 2.02. The third-order valence-electron chi connectivity index (χ3n) is 6.22. The predicted molar refractivity (Wildman–Crippen MR) is 75.4 cm³/mol.